The number of nitrogens with one attached hydrogen (secondary N) is 1. The average Bonchev–Trinajstić information content (AvgIpc) is 3.59. The van der Waals surface area contributed by atoms with Crippen LogP contribution in [0.5, 0.6) is 23.0 Å². The highest BCUT2D eigenvalue weighted by Gasteiger charge is 2.43. The molecule has 1 atom stereocenters. The van der Waals surface area contributed by atoms with Crippen LogP contribution in [0.15, 0.2) is 22.6 Å². The molecule has 10 nitrogen and oxygen atoms in total. The van der Waals surface area contributed by atoms with Crippen LogP contribution in [0, 0.1) is 0 Å². The van der Waals surface area contributed by atoms with Crippen molar-refractivity contribution in [3.05, 3.63) is 40.8 Å². The van der Waals surface area contributed by atoms with Gasteiger partial charge >= 0.3 is 12.1 Å². The summed E-state index contributed by atoms with van der Waals surface area (Å²) in [7, 11) is 4.23. The molecule has 206 valence electrons. The minimum atomic E-state index is -5.03. The smallest absolute Gasteiger partial charge is 0.432 e. The zero-order valence-electron chi connectivity index (χ0n) is 20.5. The number of anilines is 1. The number of H-pyrrole nitrogens is 1. The number of rotatable bonds is 6. The number of nitrogens with zero attached hydrogens (tertiary/aromatic N) is 1. The number of benzene rings is 2. The van der Waals surface area contributed by atoms with Gasteiger partial charge in [-0.25, -0.2) is 4.79 Å². The van der Waals surface area contributed by atoms with E-state index in [-0.39, 0.29) is 56.9 Å². The van der Waals surface area contributed by atoms with Crippen LogP contribution in [0.1, 0.15) is 38.1 Å². The largest absolute Gasteiger partial charge is 0.506 e. The minimum absolute atomic E-state index is 0.0234. The van der Waals surface area contributed by atoms with Crippen molar-refractivity contribution in [1.29, 1.82) is 0 Å². The Kier molecular flexibility index (Phi) is 6.32. The highest BCUT2D eigenvalue weighted by atomic mass is 79.9. The number of hydrogen-bond donors (Lipinski definition) is 3. The first-order valence-electron chi connectivity index (χ1n) is 11.3. The van der Waals surface area contributed by atoms with E-state index >= 15 is 0 Å². The number of methoxy groups -OCH3 is 3. The third kappa shape index (κ3) is 3.92. The van der Waals surface area contributed by atoms with E-state index in [9.17, 15) is 33.0 Å². The van der Waals surface area contributed by atoms with Crippen LogP contribution in [-0.4, -0.2) is 60.3 Å². The lowest BCUT2D eigenvalue weighted by molar-refractivity contribution is -0.141. The fourth-order valence-corrected chi connectivity index (χ4v) is 5.57. The number of carboxylic acids is 1. The van der Waals surface area contributed by atoms with Gasteiger partial charge < -0.3 is 38.7 Å². The molecule has 0 unspecified atom stereocenters. The summed E-state index contributed by atoms with van der Waals surface area (Å²) in [5.74, 6) is -3.12. The van der Waals surface area contributed by atoms with Gasteiger partial charge in [0.05, 0.1) is 38.1 Å². The fraction of sp³-hybridized carbons (Fsp3) is 0.280. The monoisotopic (exact) mass is 612 g/mol. The van der Waals surface area contributed by atoms with Crippen molar-refractivity contribution in [3.63, 3.8) is 0 Å². The Hall–Kier alpha value is -4.07. The van der Waals surface area contributed by atoms with Gasteiger partial charge in [-0.3, -0.25) is 4.79 Å². The molecule has 3 N–H and O–H groups in total. The molecule has 1 amide bonds. The van der Waals surface area contributed by atoms with Crippen molar-refractivity contribution in [3.8, 4) is 23.0 Å². The number of carbonyl (C=O) groups is 2. The van der Waals surface area contributed by atoms with Crippen molar-refractivity contribution in [2.24, 2.45) is 0 Å². The standard InChI is InChI=1S/C25H20BrF3N2O8/c1-36-13-4-9-5-14(39-19(9)21(38-3)20(13)37-2)23(33)31-8-10(7-26)15-11(31)6-12(32)18-16(15)17(24(34)35)22(30-18)25(27,28)29/h4-6,10,30,32H,7-8H2,1-3H3,(H,34,35)/t10-/m1/s1. The molecule has 0 fully saturated rings. The molecule has 39 heavy (non-hydrogen) atoms. The summed E-state index contributed by atoms with van der Waals surface area (Å²) >= 11 is 3.32. The molecule has 2 aromatic heterocycles. The van der Waals surface area contributed by atoms with Gasteiger partial charge in [-0.2, -0.15) is 13.2 Å². The van der Waals surface area contributed by atoms with Crippen molar-refractivity contribution >= 4 is 55.4 Å². The van der Waals surface area contributed by atoms with Crippen molar-refractivity contribution in [2.45, 2.75) is 12.1 Å². The van der Waals surface area contributed by atoms with E-state index in [0.29, 0.717) is 11.1 Å². The van der Waals surface area contributed by atoms with E-state index < -0.39 is 41.0 Å². The Bertz CT molecular complexity index is 1660. The van der Waals surface area contributed by atoms with E-state index in [1.807, 2.05) is 4.98 Å². The molecule has 0 radical (unpaired) electrons. The molecular weight excluding hydrogens is 593 g/mol. The Morgan fingerprint density at radius 3 is 2.41 bits per heavy atom. The molecule has 2 aromatic carbocycles. The second-order valence-corrected chi connectivity index (χ2v) is 9.35. The van der Waals surface area contributed by atoms with Gasteiger partial charge in [0.2, 0.25) is 11.5 Å². The number of carboxylic acid groups (broad SMARTS) is 1. The molecular formula is C25H20BrF3N2O8. The number of aromatic amines is 1. The minimum Gasteiger partial charge on any atom is -0.506 e. The molecule has 0 saturated heterocycles. The maximum absolute atomic E-state index is 13.7. The molecule has 1 aliphatic heterocycles. The lowest BCUT2D eigenvalue weighted by atomic mass is 9.95. The first kappa shape index (κ1) is 26.5. The number of halogens is 4. The number of amides is 1. The van der Waals surface area contributed by atoms with E-state index in [1.165, 1.54) is 32.3 Å². The van der Waals surface area contributed by atoms with Crippen LogP contribution >= 0.6 is 15.9 Å². The van der Waals surface area contributed by atoms with E-state index in [0.717, 1.165) is 6.07 Å². The van der Waals surface area contributed by atoms with Crippen LogP contribution in [0.4, 0.5) is 18.9 Å². The molecule has 0 bridgehead atoms. The number of alkyl halides is 4. The number of hydrogen-bond acceptors (Lipinski definition) is 7. The number of fused-ring (bicyclic) bond motifs is 4. The van der Waals surface area contributed by atoms with Gasteiger partial charge in [-0.05, 0) is 17.7 Å². The summed E-state index contributed by atoms with van der Waals surface area (Å²) in [4.78, 5) is 29.0. The maximum Gasteiger partial charge on any atom is 0.432 e. The number of carbonyl (C=O) groups excluding carboxylic acids is 1. The third-order valence-electron chi connectivity index (χ3n) is 6.63. The maximum atomic E-state index is 13.7. The number of phenols is 1. The van der Waals surface area contributed by atoms with Crippen LogP contribution in [0.2, 0.25) is 0 Å². The molecule has 0 aliphatic carbocycles. The normalized spacial score (nSPS) is 15.2. The summed E-state index contributed by atoms with van der Waals surface area (Å²) < 4.78 is 63.1. The topological polar surface area (TPSA) is 134 Å². The van der Waals surface area contributed by atoms with Crippen molar-refractivity contribution < 1.29 is 51.6 Å². The molecule has 1 aliphatic rings. The quantitative estimate of drug-likeness (QED) is 0.243. The van der Waals surface area contributed by atoms with Gasteiger partial charge in [-0.1, -0.05) is 15.9 Å². The third-order valence-corrected chi connectivity index (χ3v) is 7.41. The SMILES string of the molecule is COc1cc2cc(C(=O)N3C[C@@H](CBr)c4c3cc(O)c3[nH]c(C(F)(F)F)c(C(=O)O)c43)oc2c(OC)c1OC. The summed E-state index contributed by atoms with van der Waals surface area (Å²) in [6, 6.07) is 4.17. The first-order chi connectivity index (χ1) is 18.5. The summed E-state index contributed by atoms with van der Waals surface area (Å²) in [6.45, 7) is -0.0234. The zero-order valence-corrected chi connectivity index (χ0v) is 22.1. The Morgan fingerprint density at radius 1 is 1.15 bits per heavy atom. The molecule has 5 rings (SSSR count). The number of ether oxygens (including phenoxy) is 3. The van der Waals surface area contributed by atoms with Crippen LogP contribution in [0.3, 0.4) is 0 Å². The molecule has 0 spiro atoms. The lowest BCUT2D eigenvalue weighted by Crippen LogP contribution is -2.29. The number of aromatic hydroxyl groups is 1. The van der Waals surface area contributed by atoms with Crippen molar-refractivity contribution in [2.75, 3.05) is 38.1 Å². The number of furan rings is 1. The van der Waals surface area contributed by atoms with Gasteiger partial charge in [-0.15, -0.1) is 0 Å². The van der Waals surface area contributed by atoms with Gasteiger partial charge in [0.25, 0.3) is 5.91 Å². The van der Waals surface area contributed by atoms with Crippen LogP contribution < -0.4 is 19.1 Å². The fourth-order valence-electron chi connectivity index (χ4n) is 5.04. The van der Waals surface area contributed by atoms with E-state index in [1.54, 1.807) is 6.07 Å². The average molecular weight is 613 g/mol. The van der Waals surface area contributed by atoms with Gasteiger partial charge in [0.15, 0.2) is 17.1 Å². The second-order valence-electron chi connectivity index (χ2n) is 8.70. The molecule has 3 heterocycles. The summed E-state index contributed by atoms with van der Waals surface area (Å²) in [5.41, 5.74) is -2.48. The Morgan fingerprint density at radius 2 is 1.85 bits per heavy atom. The number of aromatic nitrogens is 1. The Balaban J connectivity index is 1.71. The molecule has 0 saturated carbocycles. The Labute approximate surface area is 226 Å². The zero-order chi connectivity index (χ0) is 28.4. The lowest BCUT2D eigenvalue weighted by Gasteiger charge is -2.16. The predicted molar refractivity (Wildman–Crippen MR) is 136 cm³/mol. The summed E-state index contributed by atoms with van der Waals surface area (Å²) in [5, 5.41) is 20.7. The van der Waals surface area contributed by atoms with E-state index in [4.69, 9.17) is 18.6 Å². The molecule has 4 aromatic rings. The van der Waals surface area contributed by atoms with Crippen molar-refractivity contribution in [1.82, 2.24) is 4.98 Å². The first-order valence-corrected chi connectivity index (χ1v) is 12.4. The summed E-state index contributed by atoms with van der Waals surface area (Å²) in [6.07, 6.45) is -5.03. The van der Waals surface area contributed by atoms with Crippen LogP contribution in [0.25, 0.3) is 21.9 Å². The van der Waals surface area contributed by atoms with Crippen LogP contribution in [-0.2, 0) is 6.18 Å². The van der Waals surface area contributed by atoms with Gasteiger partial charge in [0.1, 0.15) is 11.4 Å². The van der Waals surface area contributed by atoms with Gasteiger partial charge in [0, 0.05) is 34.6 Å². The molecule has 14 heteroatoms. The predicted octanol–water partition coefficient (Wildman–Crippen LogP) is 5.50. The number of phenolic OH excluding ortho intramolecular Hbond substituents is 1. The highest BCUT2D eigenvalue weighted by molar-refractivity contribution is 9.09. The number of aromatic carboxylic acids is 1. The second kappa shape index (κ2) is 9.29. The van der Waals surface area contributed by atoms with E-state index in [2.05, 4.69) is 15.9 Å². The highest BCUT2D eigenvalue weighted by Crippen LogP contribution is 2.50.